The monoisotopic (exact) mass is 260 g/mol. The van der Waals surface area contributed by atoms with Crippen LogP contribution in [0.3, 0.4) is 0 Å². The Morgan fingerprint density at radius 3 is 2.56 bits per heavy atom. The first-order valence-electron chi connectivity index (χ1n) is 5.33. The molecule has 0 bridgehead atoms. The summed E-state index contributed by atoms with van der Waals surface area (Å²) in [4.78, 5) is 0. The first-order valence-corrected chi connectivity index (χ1v) is 5.71. The van der Waals surface area contributed by atoms with Gasteiger partial charge in [-0.25, -0.2) is 4.39 Å². The smallest absolute Gasteiger partial charge is 0.125 e. The van der Waals surface area contributed by atoms with Crippen LogP contribution >= 0.6 is 11.6 Å². The van der Waals surface area contributed by atoms with Crippen LogP contribution in [0.25, 0.3) is 11.1 Å². The molecule has 0 heterocycles. The fraction of sp³-hybridized carbons (Fsp3) is 0.0714. The molecule has 2 rings (SSSR count). The standard InChI is InChI=1S/C14H10ClFN2/c15-14-6-10(1-2-11(14)8-18)12-3-9(7-17)4-13(16)5-12/h1-6H,8,18H2. The molecule has 0 unspecified atom stereocenters. The number of benzene rings is 2. The average molecular weight is 261 g/mol. The van der Waals surface area contributed by atoms with Crippen LogP contribution in [0, 0.1) is 17.1 Å². The van der Waals surface area contributed by atoms with Gasteiger partial charge in [-0.3, -0.25) is 0 Å². The Morgan fingerprint density at radius 1 is 1.17 bits per heavy atom. The van der Waals surface area contributed by atoms with Crippen LogP contribution in [0.5, 0.6) is 0 Å². The molecule has 18 heavy (non-hydrogen) atoms. The van der Waals surface area contributed by atoms with E-state index in [1.807, 2.05) is 12.1 Å². The lowest BCUT2D eigenvalue weighted by molar-refractivity contribution is 0.628. The number of hydrogen-bond acceptors (Lipinski definition) is 2. The zero-order valence-corrected chi connectivity index (χ0v) is 10.2. The molecular formula is C14H10ClFN2. The molecule has 0 saturated heterocycles. The van der Waals surface area contributed by atoms with Gasteiger partial charge in [-0.1, -0.05) is 23.7 Å². The molecule has 0 atom stereocenters. The molecule has 0 saturated carbocycles. The summed E-state index contributed by atoms with van der Waals surface area (Å²) < 4.78 is 13.3. The summed E-state index contributed by atoms with van der Waals surface area (Å²) in [5.41, 5.74) is 8.01. The van der Waals surface area contributed by atoms with Crippen LogP contribution in [-0.4, -0.2) is 0 Å². The molecule has 90 valence electrons. The number of nitriles is 1. The van der Waals surface area contributed by atoms with Gasteiger partial charge in [-0.15, -0.1) is 0 Å². The van der Waals surface area contributed by atoms with Crippen LogP contribution in [0.1, 0.15) is 11.1 Å². The quantitative estimate of drug-likeness (QED) is 0.899. The summed E-state index contributed by atoms with van der Waals surface area (Å²) >= 11 is 6.05. The van der Waals surface area contributed by atoms with Crippen molar-refractivity contribution in [2.24, 2.45) is 5.73 Å². The summed E-state index contributed by atoms with van der Waals surface area (Å²) in [5.74, 6) is -0.442. The molecule has 0 aliphatic rings. The highest BCUT2D eigenvalue weighted by Gasteiger charge is 2.05. The zero-order chi connectivity index (χ0) is 13.1. The molecule has 0 fully saturated rings. The highest BCUT2D eigenvalue weighted by Crippen LogP contribution is 2.26. The molecule has 0 spiro atoms. The van der Waals surface area contributed by atoms with E-state index < -0.39 is 5.82 Å². The lowest BCUT2D eigenvalue weighted by Crippen LogP contribution is -1.97. The molecule has 4 heteroatoms. The Bertz CT molecular complexity index is 632. The third-order valence-corrected chi connectivity index (χ3v) is 2.99. The van der Waals surface area contributed by atoms with Crippen molar-refractivity contribution in [3.05, 3.63) is 58.4 Å². The van der Waals surface area contributed by atoms with Gasteiger partial charge in [-0.05, 0) is 41.0 Å². The van der Waals surface area contributed by atoms with Crippen LogP contribution in [0.4, 0.5) is 4.39 Å². The van der Waals surface area contributed by atoms with Crippen molar-refractivity contribution in [2.45, 2.75) is 6.54 Å². The minimum atomic E-state index is -0.442. The molecule has 2 aromatic carbocycles. The highest BCUT2D eigenvalue weighted by atomic mass is 35.5. The molecule has 0 aromatic heterocycles. The second kappa shape index (κ2) is 5.18. The lowest BCUT2D eigenvalue weighted by Gasteiger charge is -2.06. The molecule has 0 amide bonds. The molecule has 2 aromatic rings. The van der Waals surface area contributed by atoms with E-state index in [0.717, 1.165) is 11.1 Å². The van der Waals surface area contributed by atoms with Gasteiger partial charge < -0.3 is 5.73 Å². The molecular weight excluding hydrogens is 251 g/mol. The number of hydrogen-bond donors (Lipinski definition) is 1. The van der Waals surface area contributed by atoms with Gasteiger partial charge in [0, 0.05) is 11.6 Å². The Hall–Kier alpha value is -1.89. The SMILES string of the molecule is N#Cc1cc(F)cc(-c2ccc(CN)c(Cl)c2)c1. The number of nitrogens with two attached hydrogens (primary N) is 1. The van der Waals surface area contributed by atoms with Gasteiger partial charge in [0.1, 0.15) is 5.82 Å². The Morgan fingerprint density at radius 2 is 1.94 bits per heavy atom. The first kappa shape index (κ1) is 12.6. The summed E-state index contributed by atoms with van der Waals surface area (Å²) in [6, 6.07) is 11.4. The highest BCUT2D eigenvalue weighted by molar-refractivity contribution is 6.31. The second-order valence-electron chi connectivity index (χ2n) is 3.85. The topological polar surface area (TPSA) is 49.8 Å². The average Bonchev–Trinajstić information content (AvgIpc) is 2.37. The van der Waals surface area contributed by atoms with Crippen molar-refractivity contribution in [3.8, 4) is 17.2 Å². The van der Waals surface area contributed by atoms with Crippen LogP contribution < -0.4 is 5.73 Å². The predicted molar refractivity (Wildman–Crippen MR) is 69.5 cm³/mol. The molecule has 2 nitrogen and oxygen atoms in total. The van der Waals surface area contributed by atoms with E-state index in [0.29, 0.717) is 17.1 Å². The predicted octanol–water partition coefficient (Wildman–Crippen LogP) is 3.48. The summed E-state index contributed by atoms with van der Waals surface area (Å²) in [7, 11) is 0. The minimum absolute atomic E-state index is 0.282. The van der Waals surface area contributed by atoms with Gasteiger partial charge >= 0.3 is 0 Å². The van der Waals surface area contributed by atoms with E-state index in [-0.39, 0.29) is 5.56 Å². The third-order valence-electron chi connectivity index (χ3n) is 2.63. The maximum Gasteiger partial charge on any atom is 0.125 e. The van der Waals surface area contributed by atoms with Crippen molar-refractivity contribution < 1.29 is 4.39 Å². The largest absolute Gasteiger partial charge is 0.326 e. The van der Waals surface area contributed by atoms with Crippen molar-refractivity contribution >= 4 is 11.6 Å². The lowest BCUT2D eigenvalue weighted by atomic mass is 10.0. The zero-order valence-electron chi connectivity index (χ0n) is 9.45. The Labute approximate surface area is 109 Å². The van der Waals surface area contributed by atoms with Crippen molar-refractivity contribution in [1.82, 2.24) is 0 Å². The van der Waals surface area contributed by atoms with Gasteiger partial charge in [-0.2, -0.15) is 5.26 Å². The molecule has 0 aliphatic heterocycles. The van der Waals surface area contributed by atoms with Crippen molar-refractivity contribution in [2.75, 3.05) is 0 Å². The maximum atomic E-state index is 13.3. The van der Waals surface area contributed by atoms with E-state index in [2.05, 4.69) is 0 Å². The molecule has 0 radical (unpaired) electrons. The normalized spacial score (nSPS) is 10.1. The first-order chi connectivity index (χ1) is 8.63. The number of nitrogens with zero attached hydrogens (tertiary/aromatic N) is 1. The Balaban J connectivity index is 2.52. The summed E-state index contributed by atoms with van der Waals surface area (Å²) in [5, 5.41) is 9.35. The fourth-order valence-electron chi connectivity index (χ4n) is 1.71. The van der Waals surface area contributed by atoms with Crippen LogP contribution in [-0.2, 0) is 6.54 Å². The molecule has 0 aliphatic carbocycles. The summed E-state index contributed by atoms with van der Waals surface area (Å²) in [6.45, 7) is 0.353. The van der Waals surface area contributed by atoms with Crippen LogP contribution in [0.15, 0.2) is 36.4 Å². The van der Waals surface area contributed by atoms with E-state index in [4.69, 9.17) is 22.6 Å². The maximum absolute atomic E-state index is 13.3. The fourth-order valence-corrected chi connectivity index (χ4v) is 1.97. The minimum Gasteiger partial charge on any atom is -0.326 e. The van der Waals surface area contributed by atoms with Gasteiger partial charge in [0.2, 0.25) is 0 Å². The van der Waals surface area contributed by atoms with Gasteiger partial charge in [0.15, 0.2) is 0 Å². The van der Waals surface area contributed by atoms with E-state index in [1.165, 1.54) is 12.1 Å². The van der Waals surface area contributed by atoms with Crippen molar-refractivity contribution in [3.63, 3.8) is 0 Å². The second-order valence-corrected chi connectivity index (χ2v) is 4.26. The van der Waals surface area contributed by atoms with E-state index in [9.17, 15) is 4.39 Å². The third kappa shape index (κ3) is 2.51. The number of rotatable bonds is 2. The van der Waals surface area contributed by atoms with E-state index in [1.54, 1.807) is 18.2 Å². The Kier molecular flexibility index (Phi) is 3.61. The summed E-state index contributed by atoms with van der Waals surface area (Å²) in [6.07, 6.45) is 0. The van der Waals surface area contributed by atoms with Crippen molar-refractivity contribution in [1.29, 1.82) is 5.26 Å². The number of halogens is 2. The molecule has 2 N–H and O–H groups in total. The van der Waals surface area contributed by atoms with E-state index >= 15 is 0 Å². The van der Waals surface area contributed by atoms with Gasteiger partial charge in [0.25, 0.3) is 0 Å². The van der Waals surface area contributed by atoms with Crippen LogP contribution in [0.2, 0.25) is 5.02 Å². The van der Waals surface area contributed by atoms with Gasteiger partial charge in [0.05, 0.1) is 11.6 Å².